The van der Waals surface area contributed by atoms with E-state index in [-0.39, 0.29) is 5.78 Å². The van der Waals surface area contributed by atoms with Gasteiger partial charge in [-0.2, -0.15) is 11.8 Å². The number of hydrogen-bond acceptors (Lipinski definition) is 5. The van der Waals surface area contributed by atoms with Gasteiger partial charge in [0.05, 0.1) is 13.0 Å². The van der Waals surface area contributed by atoms with Gasteiger partial charge in [0.1, 0.15) is 11.8 Å². The number of carboxylic acid groups (broad SMARTS) is 1. The second-order valence-electron chi connectivity index (χ2n) is 5.00. The zero-order valence-electron chi connectivity index (χ0n) is 13.4. The number of amides is 1. The van der Waals surface area contributed by atoms with Crippen LogP contribution in [0.1, 0.15) is 23.7 Å². The Bertz CT molecular complexity index is 558. The van der Waals surface area contributed by atoms with Gasteiger partial charge in [-0.25, -0.2) is 4.79 Å². The van der Waals surface area contributed by atoms with Gasteiger partial charge in [0.25, 0.3) is 0 Å². The molecular formula is C16H21NO5S. The highest BCUT2D eigenvalue weighted by molar-refractivity contribution is 7.98. The second kappa shape index (κ2) is 9.19. The van der Waals surface area contributed by atoms with Gasteiger partial charge in [0.2, 0.25) is 5.91 Å². The molecule has 1 aromatic rings. The molecule has 2 atom stereocenters. The molecule has 1 amide bonds. The fraction of sp³-hybridized carbons (Fsp3) is 0.438. The zero-order chi connectivity index (χ0) is 17.4. The van der Waals surface area contributed by atoms with Crippen LogP contribution in [-0.4, -0.2) is 47.9 Å². The van der Waals surface area contributed by atoms with E-state index in [0.717, 1.165) is 0 Å². The molecule has 0 spiro atoms. The summed E-state index contributed by atoms with van der Waals surface area (Å²) in [5.41, 5.74) is 0.379. The number of ketones is 1. The first-order chi connectivity index (χ1) is 10.9. The molecule has 2 unspecified atom stereocenters. The van der Waals surface area contributed by atoms with Crippen LogP contribution in [0, 0.1) is 5.92 Å². The van der Waals surface area contributed by atoms with Gasteiger partial charge >= 0.3 is 5.97 Å². The zero-order valence-corrected chi connectivity index (χ0v) is 14.2. The lowest BCUT2D eigenvalue weighted by Crippen LogP contribution is -2.45. The molecule has 6 nitrogen and oxygen atoms in total. The number of methoxy groups -OCH3 is 1. The van der Waals surface area contributed by atoms with E-state index in [9.17, 15) is 14.4 Å². The maximum Gasteiger partial charge on any atom is 0.326 e. The summed E-state index contributed by atoms with van der Waals surface area (Å²) in [5.74, 6) is -1.78. The predicted molar refractivity (Wildman–Crippen MR) is 89.1 cm³/mol. The van der Waals surface area contributed by atoms with E-state index in [2.05, 4.69) is 5.32 Å². The molecule has 0 saturated carbocycles. The van der Waals surface area contributed by atoms with Crippen LogP contribution in [0.25, 0.3) is 0 Å². The predicted octanol–water partition coefficient (Wildman–Crippen LogP) is 1.84. The number of carbonyl (C=O) groups excluding carboxylic acids is 2. The molecular weight excluding hydrogens is 318 g/mol. The number of Topliss-reactive ketones (excluding diaryl/α,β-unsaturated/α-hetero) is 1. The Morgan fingerprint density at radius 2 is 1.87 bits per heavy atom. The van der Waals surface area contributed by atoms with Gasteiger partial charge in [0.15, 0.2) is 5.78 Å². The van der Waals surface area contributed by atoms with Gasteiger partial charge in [0, 0.05) is 5.56 Å². The molecule has 0 radical (unpaired) electrons. The van der Waals surface area contributed by atoms with E-state index in [4.69, 9.17) is 9.84 Å². The Kier molecular flexibility index (Phi) is 7.61. The number of benzene rings is 1. The lowest BCUT2D eigenvalue weighted by molar-refractivity contribution is -0.142. The summed E-state index contributed by atoms with van der Waals surface area (Å²) in [6.45, 7) is 1.47. The average Bonchev–Trinajstić information content (AvgIpc) is 2.56. The van der Waals surface area contributed by atoms with E-state index < -0.39 is 23.8 Å². The largest absolute Gasteiger partial charge is 0.497 e. The number of hydrogen-bond donors (Lipinski definition) is 2. The van der Waals surface area contributed by atoms with Crippen LogP contribution < -0.4 is 10.1 Å². The van der Waals surface area contributed by atoms with Crippen molar-refractivity contribution in [2.45, 2.75) is 19.4 Å². The van der Waals surface area contributed by atoms with Crippen LogP contribution in [0.2, 0.25) is 0 Å². The van der Waals surface area contributed by atoms with Crippen molar-refractivity contribution in [1.29, 1.82) is 0 Å². The Labute approximate surface area is 139 Å². The van der Waals surface area contributed by atoms with Crippen molar-refractivity contribution < 1.29 is 24.2 Å². The molecule has 2 N–H and O–H groups in total. The normalized spacial score (nSPS) is 13.0. The fourth-order valence-corrected chi connectivity index (χ4v) is 2.39. The van der Waals surface area contributed by atoms with Crippen LogP contribution in [0.5, 0.6) is 5.75 Å². The second-order valence-corrected chi connectivity index (χ2v) is 5.98. The van der Waals surface area contributed by atoms with Crippen LogP contribution in [0.15, 0.2) is 24.3 Å². The van der Waals surface area contributed by atoms with Crippen molar-refractivity contribution in [3.63, 3.8) is 0 Å². The third-order valence-corrected chi connectivity index (χ3v) is 4.03. The lowest BCUT2D eigenvalue weighted by atomic mass is 9.98. The molecule has 0 aliphatic carbocycles. The molecule has 1 rings (SSSR count). The molecule has 0 saturated heterocycles. The summed E-state index contributed by atoms with van der Waals surface area (Å²) >= 11 is 1.50. The van der Waals surface area contributed by atoms with Gasteiger partial charge < -0.3 is 15.2 Å². The Morgan fingerprint density at radius 3 is 2.35 bits per heavy atom. The highest BCUT2D eigenvalue weighted by Crippen LogP contribution is 2.15. The smallest absolute Gasteiger partial charge is 0.326 e. The summed E-state index contributed by atoms with van der Waals surface area (Å²) < 4.78 is 5.02. The van der Waals surface area contributed by atoms with Gasteiger partial charge in [-0.15, -0.1) is 0 Å². The van der Waals surface area contributed by atoms with Crippen LogP contribution in [-0.2, 0) is 9.59 Å². The van der Waals surface area contributed by atoms with E-state index in [0.29, 0.717) is 23.5 Å². The van der Waals surface area contributed by atoms with Crippen molar-refractivity contribution in [3.05, 3.63) is 29.8 Å². The maximum absolute atomic E-state index is 12.3. The van der Waals surface area contributed by atoms with E-state index in [1.165, 1.54) is 25.8 Å². The average molecular weight is 339 g/mol. The number of carboxylic acids is 1. The van der Waals surface area contributed by atoms with Crippen molar-refractivity contribution in [3.8, 4) is 5.75 Å². The number of aliphatic carboxylic acids is 1. The molecule has 23 heavy (non-hydrogen) atoms. The first kappa shape index (κ1) is 19.0. The third-order valence-electron chi connectivity index (χ3n) is 3.39. The van der Waals surface area contributed by atoms with Gasteiger partial charge in [-0.05, 0) is 49.6 Å². The molecule has 0 aliphatic rings. The Morgan fingerprint density at radius 1 is 1.26 bits per heavy atom. The first-order valence-corrected chi connectivity index (χ1v) is 8.50. The van der Waals surface area contributed by atoms with Crippen molar-refractivity contribution in [2.75, 3.05) is 19.1 Å². The van der Waals surface area contributed by atoms with Crippen molar-refractivity contribution in [2.24, 2.45) is 5.92 Å². The number of thioether (sulfide) groups is 1. The van der Waals surface area contributed by atoms with E-state index in [1.54, 1.807) is 24.3 Å². The van der Waals surface area contributed by atoms with Gasteiger partial charge in [-0.3, -0.25) is 9.59 Å². The highest BCUT2D eigenvalue weighted by Gasteiger charge is 2.27. The van der Waals surface area contributed by atoms with E-state index in [1.807, 2.05) is 6.26 Å². The summed E-state index contributed by atoms with van der Waals surface area (Å²) in [7, 11) is 1.52. The standard InChI is InChI=1S/C16H21NO5S/c1-10(14(18)11-4-6-12(22-2)7-5-11)15(19)17-13(16(20)21)8-9-23-3/h4-7,10,13H,8-9H2,1-3H3,(H,17,19)(H,20,21). The van der Waals surface area contributed by atoms with E-state index >= 15 is 0 Å². The maximum atomic E-state index is 12.3. The SMILES string of the molecule is COc1ccc(C(=O)C(C)C(=O)NC(CCSC)C(=O)O)cc1. The summed E-state index contributed by atoms with van der Waals surface area (Å²) in [4.78, 5) is 35.6. The van der Waals surface area contributed by atoms with Gasteiger partial charge in [-0.1, -0.05) is 0 Å². The topological polar surface area (TPSA) is 92.7 Å². The monoisotopic (exact) mass is 339 g/mol. The van der Waals surface area contributed by atoms with Crippen molar-refractivity contribution in [1.82, 2.24) is 5.32 Å². The minimum atomic E-state index is -1.10. The number of rotatable bonds is 9. The number of carbonyl (C=O) groups is 3. The third kappa shape index (κ3) is 5.59. The molecule has 0 bridgehead atoms. The molecule has 7 heteroatoms. The molecule has 0 fully saturated rings. The molecule has 0 aromatic heterocycles. The fourth-order valence-electron chi connectivity index (χ4n) is 1.91. The minimum absolute atomic E-state index is 0.311. The summed E-state index contributed by atoms with van der Waals surface area (Å²) in [6.07, 6.45) is 2.17. The number of nitrogens with one attached hydrogen (secondary N) is 1. The molecule has 1 aromatic carbocycles. The molecule has 0 aliphatic heterocycles. The molecule has 0 heterocycles. The summed E-state index contributed by atoms with van der Waals surface area (Å²) in [6, 6.07) is 5.44. The molecule has 126 valence electrons. The number of ether oxygens (including phenoxy) is 1. The first-order valence-electron chi connectivity index (χ1n) is 7.11. The lowest BCUT2D eigenvalue weighted by Gasteiger charge is -2.17. The van der Waals surface area contributed by atoms with Crippen LogP contribution in [0.3, 0.4) is 0 Å². The Hall–Kier alpha value is -2.02. The minimum Gasteiger partial charge on any atom is -0.497 e. The van der Waals surface area contributed by atoms with Crippen LogP contribution in [0.4, 0.5) is 0 Å². The quantitative estimate of drug-likeness (QED) is 0.527. The van der Waals surface area contributed by atoms with Crippen LogP contribution >= 0.6 is 11.8 Å². The highest BCUT2D eigenvalue weighted by atomic mass is 32.2. The Balaban J connectivity index is 2.73. The van der Waals surface area contributed by atoms with Crippen molar-refractivity contribution >= 4 is 29.4 Å². The summed E-state index contributed by atoms with van der Waals surface area (Å²) in [5, 5.41) is 11.5.